The van der Waals surface area contributed by atoms with Crippen molar-refractivity contribution < 1.29 is 28.2 Å². The van der Waals surface area contributed by atoms with E-state index in [0.717, 1.165) is 5.56 Å². The van der Waals surface area contributed by atoms with Crippen molar-refractivity contribution in [2.24, 2.45) is 0 Å². The van der Waals surface area contributed by atoms with Gasteiger partial charge in [-0.25, -0.2) is 9.18 Å². The van der Waals surface area contributed by atoms with Crippen molar-refractivity contribution in [2.75, 3.05) is 13.2 Å². The molecule has 130 valence electrons. The van der Waals surface area contributed by atoms with Crippen LogP contribution in [0.4, 0.5) is 4.39 Å². The smallest absolute Gasteiger partial charge is 0.351 e. The van der Waals surface area contributed by atoms with Crippen LogP contribution in [0, 0.1) is 5.82 Å². The van der Waals surface area contributed by atoms with Gasteiger partial charge in [0.1, 0.15) is 12.4 Å². The number of ether oxygens (including phenoxy) is 3. The number of amides is 1. The van der Waals surface area contributed by atoms with Gasteiger partial charge in [0.2, 0.25) is 6.10 Å². The predicted molar refractivity (Wildman–Crippen MR) is 85.6 cm³/mol. The summed E-state index contributed by atoms with van der Waals surface area (Å²) in [5, 5.41) is 2.58. The number of esters is 1. The molecule has 0 fully saturated rings. The summed E-state index contributed by atoms with van der Waals surface area (Å²) in [4.78, 5) is 23.7. The Morgan fingerprint density at radius 2 is 1.84 bits per heavy atom. The molecule has 1 aliphatic rings. The van der Waals surface area contributed by atoms with Gasteiger partial charge in [-0.15, -0.1) is 0 Å². The zero-order valence-corrected chi connectivity index (χ0v) is 13.2. The first-order chi connectivity index (χ1) is 12.1. The summed E-state index contributed by atoms with van der Waals surface area (Å²) in [7, 11) is 0. The summed E-state index contributed by atoms with van der Waals surface area (Å²) in [6.45, 7) is -0.193. The number of halogens is 1. The number of hydrogen-bond donors (Lipinski definition) is 1. The van der Waals surface area contributed by atoms with E-state index in [1.54, 1.807) is 36.4 Å². The summed E-state index contributed by atoms with van der Waals surface area (Å²) in [6, 6.07) is 12.7. The second kappa shape index (κ2) is 7.65. The minimum atomic E-state index is -0.917. The predicted octanol–water partition coefficient (Wildman–Crippen LogP) is 1.83. The van der Waals surface area contributed by atoms with Gasteiger partial charge in [0.25, 0.3) is 5.91 Å². The number of hydrogen-bond acceptors (Lipinski definition) is 5. The number of nitrogens with one attached hydrogen (secondary N) is 1. The fourth-order valence-electron chi connectivity index (χ4n) is 2.22. The van der Waals surface area contributed by atoms with E-state index >= 15 is 0 Å². The van der Waals surface area contributed by atoms with Crippen LogP contribution in [0.2, 0.25) is 0 Å². The Bertz CT molecular complexity index is 762. The normalized spacial score (nSPS) is 15.3. The summed E-state index contributed by atoms with van der Waals surface area (Å²) >= 11 is 0. The van der Waals surface area contributed by atoms with Gasteiger partial charge in [-0.1, -0.05) is 24.3 Å². The summed E-state index contributed by atoms with van der Waals surface area (Å²) < 4.78 is 28.7. The zero-order chi connectivity index (χ0) is 17.6. The first-order valence-electron chi connectivity index (χ1n) is 7.68. The third kappa shape index (κ3) is 4.47. The van der Waals surface area contributed by atoms with Gasteiger partial charge in [-0.3, -0.25) is 4.79 Å². The Kier molecular flexibility index (Phi) is 5.13. The molecule has 0 aromatic heterocycles. The van der Waals surface area contributed by atoms with Crippen LogP contribution in [0.5, 0.6) is 11.5 Å². The molecule has 2 aromatic carbocycles. The Morgan fingerprint density at radius 1 is 1.12 bits per heavy atom. The molecule has 1 aliphatic heterocycles. The molecule has 0 saturated heterocycles. The van der Waals surface area contributed by atoms with E-state index in [1.807, 2.05) is 0 Å². The summed E-state index contributed by atoms with van der Waals surface area (Å²) in [6.07, 6.45) is -0.917. The second-order valence-corrected chi connectivity index (χ2v) is 5.38. The van der Waals surface area contributed by atoms with Crippen molar-refractivity contribution in [2.45, 2.75) is 12.6 Å². The Balaban J connectivity index is 1.43. The van der Waals surface area contributed by atoms with Crippen LogP contribution < -0.4 is 14.8 Å². The molecule has 1 amide bonds. The quantitative estimate of drug-likeness (QED) is 0.837. The Morgan fingerprint density at radius 3 is 2.60 bits per heavy atom. The highest BCUT2D eigenvalue weighted by Gasteiger charge is 2.29. The minimum Gasteiger partial charge on any atom is -0.485 e. The van der Waals surface area contributed by atoms with E-state index in [-0.39, 0.29) is 19.0 Å². The molecular formula is C18H16FNO5. The molecule has 1 atom stereocenters. The first kappa shape index (κ1) is 16.8. The molecule has 0 unspecified atom stereocenters. The van der Waals surface area contributed by atoms with Crippen LogP contribution >= 0.6 is 0 Å². The highest BCUT2D eigenvalue weighted by atomic mass is 19.1. The SMILES string of the molecule is O=C(COC(=O)[C@H]1COc2ccccc2O1)NCc1ccc(F)cc1. The van der Waals surface area contributed by atoms with Gasteiger partial charge in [0.05, 0.1) is 0 Å². The molecule has 0 radical (unpaired) electrons. The van der Waals surface area contributed by atoms with Crippen LogP contribution in [-0.4, -0.2) is 31.2 Å². The second-order valence-electron chi connectivity index (χ2n) is 5.38. The molecule has 7 heteroatoms. The first-order valence-corrected chi connectivity index (χ1v) is 7.68. The number of carbonyl (C=O) groups excluding carboxylic acids is 2. The number of rotatable bonds is 5. The Hall–Kier alpha value is -3.09. The number of carbonyl (C=O) groups is 2. The van der Waals surface area contributed by atoms with Crippen molar-refractivity contribution in [3.05, 3.63) is 59.9 Å². The summed E-state index contributed by atoms with van der Waals surface area (Å²) in [5.41, 5.74) is 0.738. The monoisotopic (exact) mass is 345 g/mol. The number of benzene rings is 2. The van der Waals surface area contributed by atoms with E-state index in [1.165, 1.54) is 12.1 Å². The van der Waals surface area contributed by atoms with Crippen LogP contribution in [0.1, 0.15) is 5.56 Å². The van der Waals surface area contributed by atoms with Gasteiger partial charge < -0.3 is 19.5 Å². The van der Waals surface area contributed by atoms with Crippen LogP contribution in [-0.2, 0) is 20.9 Å². The van der Waals surface area contributed by atoms with Crippen molar-refractivity contribution in [1.29, 1.82) is 0 Å². The zero-order valence-electron chi connectivity index (χ0n) is 13.2. The molecule has 25 heavy (non-hydrogen) atoms. The minimum absolute atomic E-state index is 0.0209. The third-order valence-corrected chi connectivity index (χ3v) is 3.52. The van der Waals surface area contributed by atoms with Crippen LogP contribution in [0.25, 0.3) is 0 Å². The lowest BCUT2D eigenvalue weighted by Crippen LogP contribution is -2.39. The molecule has 6 nitrogen and oxygen atoms in total. The van der Waals surface area contributed by atoms with Crippen LogP contribution in [0.15, 0.2) is 48.5 Å². The van der Waals surface area contributed by atoms with Crippen molar-refractivity contribution in [3.8, 4) is 11.5 Å². The molecule has 0 saturated carbocycles. The number of para-hydroxylation sites is 2. The number of fused-ring (bicyclic) bond motifs is 1. The standard InChI is InChI=1S/C18H16FNO5/c19-13-7-5-12(6-8-13)9-20-17(21)11-24-18(22)16-10-23-14-3-1-2-4-15(14)25-16/h1-8,16H,9-11H2,(H,20,21)/t16-/m1/s1. The van der Waals surface area contributed by atoms with Gasteiger partial charge in [-0.2, -0.15) is 0 Å². The largest absolute Gasteiger partial charge is 0.485 e. The molecule has 2 aromatic rings. The average molecular weight is 345 g/mol. The highest BCUT2D eigenvalue weighted by molar-refractivity contribution is 5.82. The average Bonchev–Trinajstić information content (AvgIpc) is 2.65. The fraction of sp³-hybridized carbons (Fsp3) is 0.222. The van der Waals surface area contributed by atoms with Crippen molar-refractivity contribution >= 4 is 11.9 Å². The summed E-state index contributed by atoms with van der Waals surface area (Å²) in [5.74, 6) is -0.471. The molecule has 1 N–H and O–H groups in total. The van der Waals surface area contributed by atoms with E-state index in [2.05, 4.69) is 5.32 Å². The molecule has 0 bridgehead atoms. The molecule has 3 rings (SSSR count). The molecule has 0 spiro atoms. The fourth-order valence-corrected chi connectivity index (χ4v) is 2.22. The maximum Gasteiger partial charge on any atom is 0.351 e. The van der Waals surface area contributed by atoms with Gasteiger partial charge in [0.15, 0.2) is 18.1 Å². The van der Waals surface area contributed by atoms with E-state index in [4.69, 9.17) is 14.2 Å². The van der Waals surface area contributed by atoms with E-state index < -0.39 is 24.6 Å². The maximum absolute atomic E-state index is 12.8. The lowest BCUT2D eigenvalue weighted by Gasteiger charge is -2.24. The lowest BCUT2D eigenvalue weighted by molar-refractivity contribution is -0.157. The molecular weight excluding hydrogens is 329 g/mol. The Labute approximate surface area is 143 Å². The molecule has 0 aliphatic carbocycles. The molecule has 1 heterocycles. The van der Waals surface area contributed by atoms with Crippen molar-refractivity contribution in [3.63, 3.8) is 0 Å². The topological polar surface area (TPSA) is 73.9 Å². The third-order valence-electron chi connectivity index (χ3n) is 3.52. The van der Waals surface area contributed by atoms with Gasteiger partial charge >= 0.3 is 5.97 Å². The van der Waals surface area contributed by atoms with Crippen LogP contribution in [0.3, 0.4) is 0 Å². The lowest BCUT2D eigenvalue weighted by atomic mass is 10.2. The van der Waals surface area contributed by atoms with Crippen molar-refractivity contribution in [1.82, 2.24) is 5.32 Å². The van der Waals surface area contributed by atoms with E-state index in [9.17, 15) is 14.0 Å². The van der Waals surface area contributed by atoms with Gasteiger partial charge in [0, 0.05) is 6.54 Å². The maximum atomic E-state index is 12.8. The van der Waals surface area contributed by atoms with E-state index in [0.29, 0.717) is 11.5 Å². The van der Waals surface area contributed by atoms with Gasteiger partial charge in [-0.05, 0) is 29.8 Å². The highest BCUT2D eigenvalue weighted by Crippen LogP contribution is 2.31.